The van der Waals surface area contributed by atoms with E-state index < -0.39 is 10.0 Å². The van der Waals surface area contributed by atoms with Crippen molar-refractivity contribution in [2.75, 3.05) is 31.5 Å². The Morgan fingerprint density at radius 3 is 2.15 bits per heavy atom. The third-order valence-corrected chi connectivity index (χ3v) is 6.30. The van der Waals surface area contributed by atoms with Crippen LogP contribution in [0.1, 0.15) is 6.92 Å². The van der Waals surface area contributed by atoms with Crippen molar-refractivity contribution in [3.63, 3.8) is 0 Å². The van der Waals surface area contributed by atoms with E-state index >= 15 is 0 Å². The zero-order valence-corrected chi connectivity index (χ0v) is 15.2. The van der Waals surface area contributed by atoms with Gasteiger partial charge in [0.05, 0.1) is 31.1 Å². The van der Waals surface area contributed by atoms with Crippen LogP contribution in [-0.4, -0.2) is 44.8 Å². The Morgan fingerprint density at radius 1 is 1.04 bits per heavy atom. The van der Waals surface area contributed by atoms with Gasteiger partial charge in [0.25, 0.3) is 0 Å². The molecule has 1 aliphatic rings. The Morgan fingerprint density at radius 2 is 1.62 bits per heavy atom. The molecule has 0 bridgehead atoms. The molecule has 0 unspecified atom stereocenters. The van der Waals surface area contributed by atoms with E-state index in [-0.39, 0.29) is 16.6 Å². The largest absolute Gasteiger partial charge is 0.326 e. The van der Waals surface area contributed by atoms with Crippen molar-refractivity contribution in [3.8, 4) is 0 Å². The van der Waals surface area contributed by atoms with Crippen LogP contribution >= 0.6 is 0 Å². The summed E-state index contributed by atoms with van der Waals surface area (Å²) in [6.07, 6.45) is 0. The lowest BCUT2D eigenvalue weighted by Gasteiger charge is -2.31. The van der Waals surface area contributed by atoms with Gasteiger partial charge in [-0.15, -0.1) is 0 Å². The van der Waals surface area contributed by atoms with Gasteiger partial charge in [0.2, 0.25) is 15.9 Å². The maximum absolute atomic E-state index is 13.0. The highest BCUT2D eigenvalue weighted by atomic mass is 32.2. The fourth-order valence-corrected chi connectivity index (χ4v) is 4.47. The summed E-state index contributed by atoms with van der Waals surface area (Å²) in [5.74, 6) is -0.488. The van der Waals surface area contributed by atoms with Crippen molar-refractivity contribution in [2.24, 2.45) is 0 Å². The van der Waals surface area contributed by atoms with Crippen molar-refractivity contribution in [3.05, 3.63) is 54.3 Å². The van der Waals surface area contributed by atoms with Crippen molar-refractivity contribution >= 4 is 27.3 Å². The van der Waals surface area contributed by atoms with Crippen LogP contribution in [0.15, 0.2) is 53.4 Å². The molecule has 0 spiro atoms. The van der Waals surface area contributed by atoms with E-state index in [4.69, 9.17) is 0 Å². The van der Waals surface area contributed by atoms with Crippen molar-refractivity contribution < 1.29 is 22.5 Å². The lowest BCUT2D eigenvalue weighted by molar-refractivity contribution is -0.837. The Hall–Kier alpha value is -2.29. The Bertz CT molecular complexity index is 875. The summed E-state index contributed by atoms with van der Waals surface area (Å²) in [6.45, 7) is 3.42. The molecule has 1 saturated heterocycles. The van der Waals surface area contributed by atoms with Crippen LogP contribution in [0, 0.1) is 5.82 Å². The molecular formula is C18H21FN3O3S+. The molecule has 6 nitrogen and oxygen atoms in total. The molecule has 0 radical (unpaired) electrons. The van der Waals surface area contributed by atoms with Gasteiger partial charge in [0.15, 0.2) is 0 Å². The molecule has 26 heavy (non-hydrogen) atoms. The number of amides is 1. The topological polar surface area (TPSA) is 70.9 Å². The van der Waals surface area contributed by atoms with E-state index in [1.165, 1.54) is 35.5 Å². The molecule has 1 aliphatic heterocycles. The van der Waals surface area contributed by atoms with Crippen LogP contribution in [0.5, 0.6) is 0 Å². The van der Waals surface area contributed by atoms with Gasteiger partial charge in [0, 0.05) is 24.7 Å². The second-order valence-electron chi connectivity index (χ2n) is 6.22. The lowest BCUT2D eigenvalue weighted by atomic mass is 10.2. The van der Waals surface area contributed by atoms with Gasteiger partial charge < -0.3 is 10.2 Å². The number of piperazine rings is 1. The highest BCUT2D eigenvalue weighted by molar-refractivity contribution is 7.89. The van der Waals surface area contributed by atoms with Gasteiger partial charge >= 0.3 is 0 Å². The second-order valence-corrected chi connectivity index (χ2v) is 8.16. The normalized spacial score (nSPS) is 16.4. The van der Waals surface area contributed by atoms with Gasteiger partial charge in [-0.3, -0.25) is 4.79 Å². The average molecular weight is 378 g/mol. The number of nitrogens with one attached hydrogen (secondary N) is 2. The number of hydrogen-bond acceptors (Lipinski definition) is 3. The van der Waals surface area contributed by atoms with Gasteiger partial charge in [-0.25, -0.2) is 12.8 Å². The fraction of sp³-hybridized carbons (Fsp3) is 0.278. The predicted molar refractivity (Wildman–Crippen MR) is 96.3 cm³/mol. The Kier molecular flexibility index (Phi) is 5.36. The second kappa shape index (κ2) is 7.53. The van der Waals surface area contributed by atoms with Crippen LogP contribution in [0.4, 0.5) is 15.8 Å². The summed E-state index contributed by atoms with van der Waals surface area (Å²) in [5.41, 5.74) is 1.52. The molecule has 1 heterocycles. The maximum Gasteiger partial charge on any atom is 0.243 e. The van der Waals surface area contributed by atoms with E-state index in [1.807, 2.05) is 0 Å². The molecule has 0 aliphatic carbocycles. The predicted octanol–water partition coefficient (Wildman–Crippen LogP) is 1.00. The van der Waals surface area contributed by atoms with Crippen molar-refractivity contribution in [1.82, 2.24) is 4.31 Å². The number of carbonyl (C=O) groups excluding carboxylic acids is 1. The number of halogens is 1. The first kappa shape index (κ1) is 18.5. The first-order valence-corrected chi connectivity index (χ1v) is 9.79. The third kappa shape index (κ3) is 4.09. The van der Waals surface area contributed by atoms with E-state index in [1.54, 1.807) is 24.3 Å². The summed E-state index contributed by atoms with van der Waals surface area (Å²) < 4.78 is 40.1. The summed E-state index contributed by atoms with van der Waals surface area (Å²) in [7, 11) is -3.57. The molecule has 138 valence electrons. The summed E-state index contributed by atoms with van der Waals surface area (Å²) >= 11 is 0. The summed E-state index contributed by atoms with van der Waals surface area (Å²) in [4.78, 5) is 12.4. The monoisotopic (exact) mass is 378 g/mol. The SMILES string of the molecule is CC(=O)Nc1ccc(S(=O)(=O)N2CC[NH+](c3ccc(F)cc3)CC2)cc1. The minimum Gasteiger partial charge on any atom is -0.326 e. The Labute approximate surface area is 152 Å². The Balaban J connectivity index is 1.67. The number of nitrogens with zero attached hydrogens (tertiary/aromatic N) is 1. The molecule has 0 saturated carbocycles. The molecule has 0 aromatic heterocycles. The van der Waals surface area contributed by atoms with Crippen molar-refractivity contribution in [2.45, 2.75) is 11.8 Å². The van der Waals surface area contributed by atoms with E-state index in [0.717, 1.165) is 10.6 Å². The van der Waals surface area contributed by atoms with Crippen LogP contribution < -0.4 is 10.2 Å². The minimum absolute atomic E-state index is 0.205. The van der Waals surface area contributed by atoms with E-state index in [9.17, 15) is 17.6 Å². The van der Waals surface area contributed by atoms with Gasteiger partial charge in [-0.2, -0.15) is 4.31 Å². The molecule has 2 aromatic carbocycles. The fourth-order valence-electron chi connectivity index (χ4n) is 3.03. The van der Waals surface area contributed by atoms with Crippen LogP contribution in [0.25, 0.3) is 0 Å². The highest BCUT2D eigenvalue weighted by Crippen LogP contribution is 2.19. The number of sulfonamides is 1. The zero-order valence-electron chi connectivity index (χ0n) is 14.4. The van der Waals surface area contributed by atoms with E-state index in [2.05, 4.69) is 5.32 Å². The van der Waals surface area contributed by atoms with Crippen LogP contribution in [0.3, 0.4) is 0 Å². The number of anilines is 1. The summed E-state index contributed by atoms with van der Waals surface area (Å²) in [6, 6.07) is 12.5. The lowest BCUT2D eigenvalue weighted by Crippen LogP contribution is -3.10. The molecule has 2 N–H and O–H groups in total. The van der Waals surface area contributed by atoms with Gasteiger partial charge in [0.1, 0.15) is 11.5 Å². The third-order valence-electron chi connectivity index (χ3n) is 4.39. The van der Waals surface area contributed by atoms with Crippen LogP contribution in [-0.2, 0) is 14.8 Å². The number of quaternary nitrogens is 1. The van der Waals surface area contributed by atoms with Gasteiger partial charge in [-0.05, 0) is 36.4 Å². The highest BCUT2D eigenvalue weighted by Gasteiger charge is 2.31. The number of carbonyl (C=O) groups is 1. The molecule has 1 fully saturated rings. The molecule has 2 aromatic rings. The molecule has 0 atom stereocenters. The first-order valence-electron chi connectivity index (χ1n) is 8.35. The minimum atomic E-state index is -3.57. The molecule has 8 heteroatoms. The number of rotatable bonds is 4. The standard InChI is InChI=1S/C18H20FN3O3S/c1-14(23)20-16-4-8-18(9-5-16)26(24,25)22-12-10-21(11-13-22)17-6-2-15(19)3-7-17/h2-9H,10-13H2,1H3,(H,20,23)/p+1. The van der Waals surface area contributed by atoms with E-state index in [0.29, 0.717) is 31.9 Å². The first-order chi connectivity index (χ1) is 12.4. The maximum atomic E-state index is 13.0. The quantitative estimate of drug-likeness (QED) is 0.834. The van der Waals surface area contributed by atoms with Gasteiger partial charge in [-0.1, -0.05) is 0 Å². The van der Waals surface area contributed by atoms with Crippen LogP contribution in [0.2, 0.25) is 0 Å². The summed E-state index contributed by atoms with van der Waals surface area (Å²) in [5, 5.41) is 2.61. The molecule has 1 amide bonds. The molecular weight excluding hydrogens is 357 g/mol. The number of hydrogen-bond donors (Lipinski definition) is 2. The smallest absolute Gasteiger partial charge is 0.243 e. The average Bonchev–Trinajstić information content (AvgIpc) is 2.62. The number of benzene rings is 2. The molecule has 3 rings (SSSR count). The van der Waals surface area contributed by atoms with Crippen molar-refractivity contribution in [1.29, 1.82) is 0 Å². The zero-order chi connectivity index (χ0) is 18.7.